The number of hydrogen-bond donors (Lipinski definition) is 0. The van der Waals surface area contributed by atoms with E-state index < -0.39 is 148 Å². The molecular formula is C39H25N5. The Kier molecular flexibility index (Phi) is 2.80. The number of pyridine rings is 1. The smallest absolute Gasteiger partial charge is 0.162 e. The maximum Gasteiger partial charge on any atom is 0.162 e. The van der Waals surface area contributed by atoms with Crippen LogP contribution in [0.4, 0.5) is 0 Å². The van der Waals surface area contributed by atoms with Crippen LogP contribution in [-0.2, 0) is 0 Å². The second-order valence-corrected chi connectivity index (χ2v) is 9.60. The van der Waals surface area contributed by atoms with Crippen molar-refractivity contribution in [2.24, 2.45) is 0 Å². The Morgan fingerprint density at radius 2 is 1.23 bits per heavy atom. The maximum atomic E-state index is 9.87. The van der Waals surface area contributed by atoms with E-state index in [1.165, 1.54) is 10.8 Å². The van der Waals surface area contributed by atoms with Crippen LogP contribution in [0.1, 0.15) is 24.7 Å². The summed E-state index contributed by atoms with van der Waals surface area (Å²) in [7, 11) is 0. The number of aromatic nitrogens is 5. The Morgan fingerprint density at radius 1 is 0.545 bits per heavy atom. The zero-order valence-corrected chi connectivity index (χ0v) is 22.3. The fraction of sp³-hybridized carbons (Fsp3) is 0. The van der Waals surface area contributed by atoms with Crippen molar-refractivity contribution in [1.82, 2.24) is 24.1 Å². The average molecular weight is 582 g/mol. The number of para-hydroxylation sites is 4. The third-order valence-corrected chi connectivity index (χ3v) is 7.23. The first kappa shape index (κ1) is 12.7. The summed E-state index contributed by atoms with van der Waals surface area (Å²) in [6.45, 7) is 0. The highest BCUT2D eigenvalue weighted by Gasteiger charge is 2.19. The minimum absolute atomic E-state index is 0.244. The summed E-state index contributed by atoms with van der Waals surface area (Å²) in [6, 6.07) is -4.82. The van der Waals surface area contributed by atoms with Crippen molar-refractivity contribution < 1.29 is 24.7 Å². The molecule has 0 amide bonds. The minimum Gasteiger partial charge on any atom is -0.307 e. The maximum absolute atomic E-state index is 9.87. The molecule has 5 aromatic carbocycles. The Labute approximate surface area is 278 Å². The van der Waals surface area contributed by atoms with Crippen LogP contribution < -0.4 is 0 Å². The number of benzene rings is 5. The molecule has 0 unspecified atom stereocenters. The lowest BCUT2D eigenvalue weighted by molar-refractivity contribution is 1.04. The van der Waals surface area contributed by atoms with E-state index in [9.17, 15) is 4.11 Å². The first-order valence-electron chi connectivity index (χ1n) is 22.2. The Morgan fingerprint density at radius 3 is 2.05 bits per heavy atom. The van der Waals surface area contributed by atoms with Crippen molar-refractivity contribution in [3.05, 3.63) is 151 Å². The second kappa shape index (κ2) is 9.75. The predicted molar refractivity (Wildman–Crippen MR) is 179 cm³/mol. The fourth-order valence-electron chi connectivity index (χ4n) is 5.43. The van der Waals surface area contributed by atoms with Gasteiger partial charge in [-0.1, -0.05) is 103 Å². The number of rotatable bonds is 4. The monoisotopic (exact) mass is 581 g/mol. The van der Waals surface area contributed by atoms with Crippen LogP contribution in [0.25, 0.3) is 77.8 Å². The molecule has 4 aromatic heterocycles. The molecule has 44 heavy (non-hydrogen) atoms. The van der Waals surface area contributed by atoms with Gasteiger partial charge in [0.25, 0.3) is 0 Å². The number of nitrogens with zero attached hydrogens (tertiary/aromatic N) is 5. The molecule has 0 bridgehead atoms. The van der Waals surface area contributed by atoms with Gasteiger partial charge in [-0.25, -0.2) is 9.97 Å². The van der Waals surface area contributed by atoms with Gasteiger partial charge in [-0.05, 0) is 30.3 Å². The molecule has 0 aliphatic carbocycles. The number of hydrogen-bond acceptors (Lipinski definition) is 3. The molecule has 206 valence electrons. The zero-order valence-electron chi connectivity index (χ0n) is 40.3. The minimum atomic E-state index is -0.805. The van der Waals surface area contributed by atoms with Gasteiger partial charge in [0, 0.05) is 44.9 Å². The lowest BCUT2D eigenvalue weighted by atomic mass is 10.1. The summed E-state index contributed by atoms with van der Waals surface area (Å²) >= 11 is 0. The van der Waals surface area contributed by atoms with Gasteiger partial charge >= 0.3 is 0 Å². The van der Waals surface area contributed by atoms with E-state index >= 15 is 0 Å². The normalized spacial score (nSPS) is 17.4. The Bertz CT molecular complexity index is 3370. The summed E-state index contributed by atoms with van der Waals surface area (Å²) < 4.78 is 162. The molecule has 0 aliphatic heterocycles. The fourth-order valence-corrected chi connectivity index (χ4v) is 5.43. The molecule has 0 radical (unpaired) electrons. The zero-order chi connectivity index (χ0) is 44.7. The third-order valence-electron chi connectivity index (χ3n) is 7.23. The van der Waals surface area contributed by atoms with Crippen LogP contribution in [-0.4, -0.2) is 24.1 Å². The highest BCUT2D eigenvalue weighted by molar-refractivity contribution is 6.10. The van der Waals surface area contributed by atoms with Gasteiger partial charge in [0.15, 0.2) is 5.82 Å². The van der Waals surface area contributed by atoms with E-state index in [0.29, 0.717) is 21.8 Å². The van der Waals surface area contributed by atoms with E-state index in [1.54, 1.807) is 36.5 Å². The van der Waals surface area contributed by atoms with Crippen molar-refractivity contribution in [2.75, 3.05) is 0 Å². The molecule has 4 heterocycles. The largest absolute Gasteiger partial charge is 0.307 e. The van der Waals surface area contributed by atoms with E-state index in [2.05, 4.69) is 15.0 Å². The molecule has 0 saturated heterocycles. The summed E-state index contributed by atoms with van der Waals surface area (Å²) in [4.78, 5) is 13.4. The summed E-state index contributed by atoms with van der Waals surface area (Å²) in [5.74, 6) is -1.38. The molecule has 0 atom stereocenters. The lowest BCUT2D eigenvalue weighted by Crippen LogP contribution is -2.04. The van der Waals surface area contributed by atoms with Crippen molar-refractivity contribution in [1.29, 1.82) is 0 Å². The van der Waals surface area contributed by atoms with Gasteiger partial charge < -0.3 is 4.57 Å². The van der Waals surface area contributed by atoms with Crippen molar-refractivity contribution in [2.45, 2.75) is 0 Å². The summed E-state index contributed by atoms with van der Waals surface area (Å²) in [5.41, 5.74) is -2.01. The first-order valence-corrected chi connectivity index (χ1v) is 13.2. The van der Waals surface area contributed by atoms with Gasteiger partial charge in [-0.3, -0.25) is 9.55 Å². The van der Waals surface area contributed by atoms with Crippen LogP contribution in [0.3, 0.4) is 0 Å². The van der Waals surface area contributed by atoms with E-state index in [-0.39, 0.29) is 16.5 Å². The topological polar surface area (TPSA) is 48.5 Å². The molecular weight excluding hydrogens is 538 g/mol. The number of fused-ring (bicyclic) bond motifs is 6. The molecule has 5 heteroatoms. The van der Waals surface area contributed by atoms with Crippen LogP contribution in [0, 0.1) is 0 Å². The Hall–Kier alpha value is -6.07. The molecule has 5 nitrogen and oxygen atoms in total. The Balaban J connectivity index is 1.57. The third kappa shape index (κ3) is 3.69. The van der Waals surface area contributed by atoms with Crippen LogP contribution in [0.2, 0.25) is 0 Å². The van der Waals surface area contributed by atoms with E-state index in [1.807, 2.05) is 0 Å². The lowest BCUT2D eigenvalue weighted by Gasteiger charge is -2.16. The van der Waals surface area contributed by atoms with E-state index in [0.717, 1.165) is 4.57 Å². The molecule has 0 saturated carbocycles. The second-order valence-electron chi connectivity index (χ2n) is 9.60. The highest BCUT2D eigenvalue weighted by atomic mass is 15.1. The van der Waals surface area contributed by atoms with E-state index in [4.69, 9.17) is 20.6 Å². The van der Waals surface area contributed by atoms with Crippen molar-refractivity contribution in [3.8, 4) is 34.2 Å². The highest BCUT2D eigenvalue weighted by Crippen LogP contribution is 2.37. The quantitative estimate of drug-likeness (QED) is 0.208. The van der Waals surface area contributed by atoms with Crippen LogP contribution in [0.15, 0.2) is 151 Å². The van der Waals surface area contributed by atoms with Gasteiger partial charge in [0.2, 0.25) is 0 Å². The van der Waals surface area contributed by atoms with Gasteiger partial charge in [-0.15, -0.1) is 0 Å². The first-order chi connectivity index (χ1) is 29.3. The van der Waals surface area contributed by atoms with Gasteiger partial charge in [0.1, 0.15) is 5.82 Å². The molecule has 9 aromatic rings. The molecule has 0 aliphatic rings. The SMILES string of the molecule is [2H]c1c(-c2c([2H])c([2H])c([2H])c([2H])c2-n2c3ccccc3c3ccncc32)nc(-c2c([2H])c([2H])c([2H])c([2H])c2[2H])nc1-n1c2c([2H])c([2H])c([2H])c([2H])c2c2c([2H])c([2H])c([2H])c([2H])c21. The standard InChI is InChI=1S/C39H25N5/c1-2-12-26(13-3-1)39-41-32(24-38(42-39)44-34-19-9-5-14-27(34)28-15-6-10-20-35(28)44)31-17-7-11-21-36(31)43-33-18-8-4-16-29(33)30-22-23-40-25-37(30)43/h1-25H/i1D,2D,3D,5D,6D,7D,9D,10D,11D,12D,13D,14D,15D,17D,19D,20D,21D,24D. The van der Waals surface area contributed by atoms with Gasteiger partial charge in [0.05, 0.1) is 64.3 Å². The molecule has 0 spiro atoms. The van der Waals surface area contributed by atoms with Crippen LogP contribution >= 0.6 is 0 Å². The predicted octanol–water partition coefficient (Wildman–Crippen LogP) is 9.40. The molecule has 0 N–H and O–H groups in total. The van der Waals surface area contributed by atoms with Crippen molar-refractivity contribution in [3.63, 3.8) is 0 Å². The average Bonchev–Trinajstić information content (AvgIpc) is 3.80. The van der Waals surface area contributed by atoms with Crippen LogP contribution in [0.5, 0.6) is 0 Å². The summed E-state index contributed by atoms with van der Waals surface area (Å²) in [5, 5.41) is 0.548. The molecule has 9 rings (SSSR count). The van der Waals surface area contributed by atoms with Gasteiger partial charge in [-0.2, -0.15) is 0 Å². The van der Waals surface area contributed by atoms with Crippen molar-refractivity contribution >= 4 is 43.6 Å². The summed E-state index contributed by atoms with van der Waals surface area (Å²) in [6.07, 6.45) is 3.02. The molecule has 0 fully saturated rings.